The van der Waals surface area contributed by atoms with Crippen LogP contribution < -0.4 is 10.6 Å². The first-order chi connectivity index (χ1) is 11.9. The van der Waals surface area contributed by atoms with Gasteiger partial charge in [-0.3, -0.25) is 9.59 Å². The molecule has 0 aromatic heterocycles. The molecule has 8 heteroatoms. The van der Waals surface area contributed by atoms with E-state index in [0.717, 1.165) is 9.87 Å². The lowest BCUT2D eigenvalue weighted by molar-refractivity contribution is -0.118. The number of benzene rings is 2. The van der Waals surface area contributed by atoms with Crippen molar-refractivity contribution in [2.45, 2.75) is 11.8 Å². The number of amides is 2. The number of anilines is 2. The molecule has 25 heavy (non-hydrogen) atoms. The van der Waals surface area contributed by atoms with Crippen molar-refractivity contribution in [1.82, 2.24) is 4.31 Å². The first-order valence-electron chi connectivity index (χ1n) is 7.62. The van der Waals surface area contributed by atoms with E-state index in [4.69, 9.17) is 0 Å². The van der Waals surface area contributed by atoms with E-state index < -0.39 is 34.9 Å². The van der Waals surface area contributed by atoms with Crippen molar-refractivity contribution < 1.29 is 18.0 Å². The largest absolute Gasteiger partial charge is 0.323 e. The van der Waals surface area contributed by atoms with E-state index in [-0.39, 0.29) is 4.90 Å². The van der Waals surface area contributed by atoms with Crippen molar-refractivity contribution in [2.75, 3.05) is 23.7 Å². The van der Waals surface area contributed by atoms with Gasteiger partial charge in [-0.2, -0.15) is 4.31 Å². The van der Waals surface area contributed by atoms with E-state index >= 15 is 0 Å². The molecular formula is C17H17N3O4S. The van der Waals surface area contributed by atoms with Crippen molar-refractivity contribution in [2.24, 2.45) is 0 Å². The molecule has 130 valence electrons. The van der Waals surface area contributed by atoms with Crippen LogP contribution >= 0.6 is 0 Å². The van der Waals surface area contributed by atoms with Crippen molar-refractivity contribution >= 4 is 33.2 Å². The average molecular weight is 359 g/mol. The molecule has 0 saturated heterocycles. The standard InChI is InChI=1S/C17H17N3O4S/c1-12-6-8-13(9-7-12)25(23,24)20-10-16(21)18-14-4-2-3-5-15(14)19-17(22)11-20/h2-9H,10-11H2,1H3,(H,18,21)(H,19,22). The predicted octanol–water partition coefficient (Wildman–Crippen LogP) is 1.58. The van der Waals surface area contributed by atoms with Gasteiger partial charge in [0.1, 0.15) is 0 Å². The zero-order chi connectivity index (χ0) is 18.0. The van der Waals surface area contributed by atoms with Gasteiger partial charge in [0.2, 0.25) is 21.8 Å². The molecule has 2 N–H and O–H groups in total. The normalized spacial score (nSPS) is 16.0. The number of carbonyl (C=O) groups is 2. The minimum Gasteiger partial charge on any atom is -0.323 e. The fourth-order valence-corrected chi connectivity index (χ4v) is 3.84. The highest BCUT2D eigenvalue weighted by Crippen LogP contribution is 2.23. The number of nitrogens with one attached hydrogen (secondary N) is 2. The van der Waals surface area contributed by atoms with Gasteiger partial charge in [-0.25, -0.2) is 8.42 Å². The van der Waals surface area contributed by atoms with E-state index in [2.05, 4.69) is 10.6 Å². The lowest BCUT2D eigenvalue weighted by Crippen LogP contribution is -2.41. The molecule has 0 saturated carbocycles. The van der Waals surface area contributed by atoms with Gasteiger partial charge in [0.15, 0.2) is 0 Å². The Hall–Kier alpha value is -2.71. The van der Waals surface area contributed by atoms with E-state index in [1.807, 2.05) is 6.92 Å². The van der Waals surface area contributed by atoms with Crippen LogP contribution in [-0.2, 0) is 19.6 Å². The molecule has 0 aliphatic carbocycles. The third-order valence-corrected chi connectivity index (χ3v) is 5.58. The Kier molecular flexibility index (Phi) is 4.56. The first kappa shape index (κ1) is 17.1. The number of carbonyl (C=O) groups excluding carboxylic acids is 2. The minimum atomic E-state index is -3.98. The van der Waals surface area contributed by atoms with Crippen molar-refractivity contribution in [3.8, 4) is 0 Å². The predicted molar refractivity (Wildman–Crippen MR) is 93.6 cm³/mol. The summed E-state index contributed by atoms with van der Waals surface area (Å²) >= 11 is 0. The second-order valence-electron chi connectivity index (χ2n) is 5.73. The van der Waals surface area contributed by atoms with Crippen LogP contribution in [0.5, 0.6) is 0 Å². The molecule has 1 aliphatic heterocycles. The van der Waals surface area contributed by atoms with E-state index in [1.54, 1.807) is 36.4 Å². The van der Waals surface area contributed by atoms with Crippen LogP contribution in [0.2, 0.25) is 0 Å². The highest BCUT2D eigenvalue weighted by Gasteiger charge is 2.30. The lowest BCUT2D eigenvalue weighted by Gasteiger charge is -2.20. The van der Waals surface area contributed by atoms with Gasteiger partial charge in [0.25, 0.3) is 0 Å². The van der Waals surface area contributed by atoms with Crippen LogP contribution in [0.15, 0.2) is 53.4 Å². The quantitative estimate of drug-likeness (QED) is 0.851. The summed E-state index contributed by atoms with van der Waals surface area (Å²) in [7, 11) is -3.98. The maximum absolute atomic E-state index is 12.8. The van der Waals surface area contributed by atoms with Gasteiger partial charge in [-0.1, -0.05) is 29.8 Å². The second kappa shape index (κ2) is 6.66. The van der Waals surface area contributed by atoms with Gasteiger partial charge in [0.05, 0.1) is 29.4 Å². The third-order valence-electron chi connectivity index (χ3n) is 3.77. The second-order valence-corrected chi connectivity index (χ2v) is 7.67. The third kappa shape index (κ3) is 3.70. The number of rotatable bonds is 2. The van der Waals surface area contributed by atoms with E-state index in [9.17, 15) is 18.0 Å². The van der Waals surface area contributed by atoms with E-state index in [1.165, 1.54) is 12.1 Å². The number of sulfonamides is 1. The Morgan fingerprint density at radius 2 is 1.32 bits per heavy atom. The molecule has 2 aromatic carbocycles. The number of para-hydroxylation sites is 2. The topological polar surface area (TPSA) is 95.6 Å². The molecule has 7 nitrogen and oxygen atoms in total. The van der Waals surface area contributed by atoms with Gasteiger partial charge >= 0.3 is 0 Å². The summed E-state index contributed by atoms with van der Waals surface area (Å²) in [5, 5.41) is 5.25. The number of aryl methyl sites for hydroxylation is 1. The van der Waals surface area contributed by atoms with Crippen molar-refractivity contribution in [3.63, 3.8) is 0 Å². The fourth-order valence-electron chi connectivity index (χ4n) is 2.49. The van der Waals surface area contributed by atoms with Crippen LogP contribution in [0.1, 0.15) is 5.56 Å². The molecule has 2 aromatic rings. The van der Waals surface area contributed by atoms with E-state index in [0.29, 0.717) is 11.4 Å². The van der Waals surface area contributed by atoms with Crippen molar-refractivity contribution in [1.29, 1.82) is 0 Å². The average Bonchev–Trinajstić information content (AvgIpc) is 2.62. The Morgan fingerprint density at radius 1 is 0.840 bits per heavy atom. The maximum Gasteiger partial charge on any atom is 0.244 e. The van der Waals surface area contributed by atoms with Crippen LogP contribution in [0.25, 0.3) is 0 Å². The highest BCUT2D eigenvalue weighted by molar-refractivity contribution is 7.89. The molecule has 0 bridgehead atoms. The minimum absolute atomic E-state index is 0.0375. The fraction of sp³-hybridized carbons (Fsp3) is 0.176. The number of nitrogens with zero attached hydrogens (tertiary/aromatic N) is 1. The zero-order valence-corrected chi connectivity index (χ0v) is 14.3. The molecule has 0 atom stereocenters. The molecule has 0 fully saturated rings. The van der Waals surface area contributed by atoms with Crippen LogP contribution in [0.4, 0.5) is 11.4 Å². The summed E-state index contributed by atoms with van der Waals surface area (Å²) in [6.45, 7) is 0.949. The summed E-state index contributed by atoms with van der Waals surface area (Å²) in [4.78, 5) is 24.5. The molecule has 0 radical (unpaired) electrons. The number of fused-ring (bicyclic) bond motifs is 1. The maximum atomic E-state index is 12.8. The summed E-state index contributed by atoms with van der Waals surface area (Å²) < 4.78 is 26.5. The smallest absolute Gasteiger partial charge is 0.244 e. The summed E-state index contributed by atoms with van der Waals surface area (Å²) in [5.74, 6) is -1.03. The molecule has 1 heterocycles. The Balaban J connectivity index is 1.94. The van der Waals surface area contributed by atoms with Crippen molar-refractivity contribution in [3.05, 3.63) is 54.1 Å². The van der Waals surface area contributed by atoms with Gasteiger partial charge < -0.3 is 10.6 Å². The van der Waals surface area contributed by atoms with Gasteiger partial charge in [-0.15, -0.1) is 0 Å². The molecule has 1 aliphatic rings. The first-order valence-corrected chi connectivity index (χ1v) is 9.06. The van der Waals surface area contributed by atoms with Crippen LogP contribution in [-0.4, -0.2) is 37.6 Å². The molecule has 3 rings (SSSR count). The summed E-state index contributed by atoms with van der Waals surface area (Å²) in [6.07, 6.45) is 0. The molecule has 0 spiro atoms. The Bertz CT molecular complexity index is 884. The zero-order valence-electron chi connectivity index (χ0n) is 13.5. The molecule has 0 unspecified atom stereocenters. The van der Waals surface area contributed by atoms with Crippen LogP contribution in [0, 0.1) is 6.92 Å². The molecule has 2 amide bonds. The summed E-state index contributed by atoms with van der Waals surface area (Å²) in [5.41, 5.74) is 1.76. The van der Waals surface area contributed by atoms with Gasteiger partial charge in [-0.05, 0) is 31.2 Å². The lowest BCUT2D eigenvalue weighted by atomic mass is 10.2. The Morgan fingerprint density at radius 3 is 1.80 bits per heavy atom. The monoisotopic (exact) mass is 359 g/mol. The number of hydrogen-bond acceptors (Lipinski definition) is 4. The Labute approximate surface area is 145 Å². The summed E-state index contributed by atoms with van der Waals surface area (Å²) in [6, 6.07) is 12.9. The number of hydrogen-bond donors (Lipinski definition) is 2. The van der Waals surface area contributed by atoms with Crippen LogP contribution in [0.3, 0.4) is 0 Å². The highest BCUT2D eigenvalue weighted by atomic mass is 32.2. The SMILES string of the molecule is Cc1ccc(S(=O)(=O)N2CC(=O)Nc3ccccc3NC(=O)C2)cc1. The molecular weight excluding hydrogens is 342 g/mol. The van der Waals surface area contributed by atoms with Gasteiger partial charge in [0, 0.05) is 0 Å².